The first kappa shape index (κ1) is 13.9. The molecule has 0 heterocycles. The Balaban J connectivity index is 3.12. The number of hydrogen-bond donors (Lipinski definition) is 2. The predicted molar refractivity (Wildman–Crippen MR) is 67.1 cm³/mol. The summed E-state index contributed by atoms with van der Waals surface area (Å²) in [5.74, 6) is 0.111. The van der Waals surface area contributed by atoms with Crippen LogP contribution in [0.3, 0.4) is 0 Å². The molecule has 6 nitrogen and oxygen atoms in total. The molecular formula is C12H15N3O3. The van der Waals surface area contributed by atoms with Crippen molar-refractivity contribution in [2.45, 2.75) is 19.9 Å². The van der Waals surface area contributed by atoms with Gasteiger partial charge in [0.15, 0.2) is 0 Å². The van der Waals surface area contributed by atoms with Gasteiger partial charge in [-0.3, -0.25) is 10.1 Å². The third kappa shape index (κ3) is 3.18. The zero-order valence-corrected chi connectivity index (χ0v) is 10.3. The van der Waals surface area contributed by atoms with E-state index in [-0.39, 0.29) is 29.9 Å². The molecule has 0 amide bonds. The van der Waals surface area contributed by atoms with Crippen molar-refractivity contribution in [3.05, 3.63) is 33.9 Å². The number of aliphatic hydroxyl groups excluding tert-OH is 1. The summed E-state index contributed by atoms with van der Waals surface area (Å²) in [6.45, 7) is 3.66. The Bertz CT molecular complexity index is 480. The van der Waals surface area contributed by atoms with Gasteiger partial charge in [0, 0.05) is 6.07 Å². The van der Waals surface area contributed by atoms with Crippen LogP contribution >= 0.6 is 0 Å². The molecule has 6 heteroatoms. The van der Waals surface area contributed by atoms with Crippen LogP contribution in [-0.2, 0) is 0 Å². The van der Waals surface area contributed by atoms with Gasteiger partial charge in [-0.1, -0.05) is 13.8 Å². The van der Waals surface area contributed by atoms with Gasteiger partial charge in [0.05, 0.1) is 29.2 Å². The van der Waals surface area contributed by atoms with Gasteiger partial charge in [-0.25, -0.2) is 0 Å². The average molecular weight is 249 g/mol. The van der Waals surface area contributed by atoms with Crippen LogP contribution in [-0.4, -0.2) is 22.7 Å². The summed E-state index contributed by atoms with van der Waals surface area (Å²) in [5, 5.41) is 31.8. The van der Waals surface area contributed by atoms with E-state index >= 15 is 0 Å². The van der Waals surface area contributed by atoms with Crippen molar-refractivity contribution in [1.82, 2.24) is 0 Å². The lowest BCUT2D eigenvalue weighted by Crippen LogP contribution is -2.29. The fourth-order valence-corrected chi connectivity index (χ4v) is 1.50. The Morgan fingerprint density at radius 3 is 2.67 bits per heavy atom. The van der Waals surface area contributed by atoms with Crippen molar-refractivity contribution in [2.24, 2.45) is 5.92 Å². The summed E-state index contributed by atoms with van der Waals surface area (Å²) in [5.41, 5.74) is 0.489. The number of nitrogens with zero attached hydrogens (tertiary/aromatic N) is 2. The summed E-state index contributed by atoms with van der Waals surface area (Å²) in [6, 6.07) is 5.74. The highest BCUT2D eigenvalue weighted by Crippen LogP contribution is 2.26. The maximum atomic E-state index is 10.9. The second-order valence-corrected chi connectivity index (χ2v) is 4.28. The summed E-state index contributed by atoms with van der Waals surface area (Å²) in [4.78, 5) is 10.4. The highest BCUT2D eigenvalue weighted by atomic mass is 16.6. The van der Waals surface area contributed by atoms with Gasteiger partial charge in [-0.15, -0.1) is 0 Å². The minimum atomic E-state index is -0.516. The topological polar surface area (TPSA) is 99.2 Å². The fourth-order valence-electron chi connectivity index (χ4n) is 1.50. The monoisotopic (exact) mass is 249 g/mol. The number of nitro groups is 1. The standard InChI is InChI=1S/C12H15N3O3/c1-8(2)11(7-16)14-10-5-9(6-13)3-4-12(10)15(17)18/h3-5,8,11,14,16H,7H2,1-2H3. The minimum absolute atomic E-state index is 0.104. The van der Waals surface area contributed by atoms with Crippen LogP contribution in [0.25, 0.3) is 0 Å². The second-order valence-electron chi connectivity index (χ2n) is 4.28. The van der Waals surface area contributed by atoms with Gasteiger partial charge in [-0.05, 0) is 18.1 Å². The van der Waals surface area contributed by atoms with Gasteiger partial charge in [-0.2, -0.15) is 5.26 Å². The second kappa shape index (κ2) is 5.98. The van der Waals surface area contributed by atoms with Crippen molar-refractivity contribution in [2.75, 3.05) is 11.9 Å². The fraction of sp³-hybridized carbons (Fsp3) is 0.417. The van der Waals surface area contributed by atoms with Crippen LogP contribution in [0.1, 0.15) is 19.4 Å². The van der Waals surface area contributed by atoms with Crippen molar-refractivity contribution >= 4 is 11.4 Å². The van der Waals surface area contributed by atoms with Gasteiger partial charge in [0.1, 0.15) is 5.69 Å². The molecule has 0 radical (unpaired) electrons. The Morgan fingerprint density at radius 2 is 2.22 bits per heavy atom. The first-order valence-corrected chi connectivity index (χ1v) is 5.55. The van der Waals surface area contributed by atoms with E-state index in [1.54, 1.807) is 0 Å². The normalized spacial score (nSPS) is 11.9. The quantitative estimate of drug-likeness (QED) is 0.613. The number of hydrogen-bond acceptors (Lipinski definition) is 5. The zero-order valence-electron chi connectivity index (χ0n) is 10.3. The highest BCUT2D eigenvalue weighted by Gasteiger charge is 2.19. The molecular weight excluding hydrogens is 234 g/mol. The number of anilines is 1. The van der Waals surface area contributed by atoms with E-state index in [1.165, 1.54) is 18.2 Å². The molecule has 0 aliphatic rings. The van der Waals surface area contributed by atoms with E-state index in [9.17, 15) is 15.2 Å². The number of benzene rings is 1. The van der Waals surface area contributed by atoms with Crippen LogP contribution in [0.15, 0.2) is 18.2 Å². The molecule has 1 aromatic rings. The molecule has 0 bridgehead atoms. The summed E-state index contributed by atoms with van der Waals surface area (Å²) in [6.07, 6.45) is 0. The van der Waals surface area contributed by atoms with Gasteiger partial charge < -0.3 is 10.4 Å². The molecule has 0 fully saturated rings. The number of aliphatic hydroxyl groups is 1. The number of rotatable bonds is 5. The molecule has 0 saturated heterocycles. The largest absolute Gasteiger partial charge is 0.394 e. The molecule has 0 spiro atoms. The zero-order chi connectivity index (χ0) is 13.7. The third-order valence-corrected chi connectivity index (χ3v) is 2.66. The first-order valence-electron chi connectivity index (χ1n) is 5.55. The number of nitro benzene ring substituents is 1. The Kier molecular flexibility index (Phi) is 4.63. The molecule has 1 rings (SSSR count). The number of nitrogens with one attached hydrogen (secondary N) is 1. The molecule has 0 saturated carbocycles. The van der Waals surface area contributed by atoms with Crippen LogP contribution < -0.4 is 5.32 Å². The summed E-state index contributed by atoms with van der Waals surface area (Å²) in [7, 11) is 0. The van der Waals surface area contributed by atoms with Crippen molar-refractivity contribution in [1.29, 1.82) is 5.26 Å². The van der Waals surface area contributed by atoms with Gasteiger partial charge in [0.25, 0.3) is 5.69 Å². The van der Waals surface area contributed by atoms with Crippen LogP contribution in [0, 0.1) is 27.4 Å². The van der Waals surface area contributed by atoms with Crippen LogP contribution in [0.2, 0.25) is 0 Å². The average Bonchev–Trinajstić information content (AvgIpc) is 2.34. The third-order valence-electron chi connectivity index (χ3n) is 2.66. The summed E-state index contributed by atoms with van der Waals surface area (Å²) < 4.78 is 0. The SMILES string of the molecule is CC(C)C(CO)Nc1cc(C#N)ccc1[N+](=O)[O-]. The predicted octanol–water partition coefficient (Wildman–Crippen LogP) is 1.90. The molecule has 1 aromatic carbocycles. The van der Waals surface area contributed by atoms with E-state index in [0.29, 0.717) is 5.56 Å². The maximum Gasteiger partial charge on any atom is 0.292 e. The molecule has 0 aliphatic carbocycles. The van der Waals surface area contributed by atoms with E-state index in [4.69, 9.17) is 5.26 Å². The van der Waals surface area contributed by atoms with E-state index in [0.717, 1.165) is 0 Å². The van der Waals surface area contributed by atoms with Gasteiger partial charge in [0.2, 0.25) is 0 Å². The first-order chi connectivity index (χ1) is 8.49. The lowest BCUT2D eigenvalue weighted by atomic mass is 10.0. The maximum absolute atomic E-state index is 10.9. The lowest BCUT2D eigenvalue weighted by Gasteiger charge is -2.21. The van der Waals surface area contributed by atoms with Crippen molar-refractivity contribution in [3.8, 4) is 6.07 Å². The Labute approximate surface area is 105 Å². The molecule has 2 N–H and O–H groups in total. The Morgan fingerprint density at radius 1 is 1.56 bits per heavy atom. The lowest BCUT2D eigenvalue weighted by molar-refractivity contribution is -0.384. The van der Waals surface area contributed by atoms with E-state index in [1.807, 2.05) is 19.9 Å². The van der Waals surface area contributed by atoms with Gasteiger partial charge >= 0.3 is 0 Å². The molecule has 96 valence electrons. The van der Waals surface area contributed by atoms with Crippen LogP contribution in [0.4, 0.5) is 11.4 Å². The van der Waals surface area contributed by atoms with Crippen molar-refractivity contribution < 1.29 is 10.0 Å². The highest BCUT2D eigenvalue weighted by molar-refractivity contribution is 5.64. The van der Waals surface area contributed by atoms with Crippen molar-refractivity contribution in [3.63, 3.8) is 0 Å². The molecule has 1 unspecified atom stereocenters. The molecule has 0 aromatic heterocycles. The number of nitriles is 1. The van der Waals surface area contributed by atoms with E-state index < -0.39 is 4.92 Å². The minimum Gasteiger partial charge on any atom is -0.394 e. The molecule has 18 heavy (non-hydrogen) atoms. The molecule has 1 atom stereocenters. The van der Waals surface area contributed by atoms with E-state index in [2.05, 4.69) is 5.32 Å². The summed E-state index contributed by atoms with van der Waals surface area (Å²) >= 11 is 0. The molecule has 0 aliphatic heterocycles. The van der Waals surface area contributed by atoms with Crippen LogP contribution in [0.5, 0.6) is 0 Å². The smallest absolute Gasteiger partial charge is 0.292 e. The Hall–Kier alpha value is -2.13.